The maximum atomic E-state index is 10.1. The second-order valence-corrected chi connectivity index (χ2v) is 10.8. The van der Waals surface area contributed by atoms with Crippen LogP contribution in [0.1, 0.15) is 79.8 Å². The fourth-order valence-electron chi connectivity index (χ4n) is 5.26. The van der Waals surface area contributed by atoms with Crippen molar-refractivity contribution in [3.63, 3.8) is 0 Å². The van der Waals surface area contributed by atoms with E-state index in [1.54, 1.807) is 18.2 Å². The lowest BCUT2D eigenvalue weighted by Crippen LogP contribution is -2.33. The summed E-state index contributed by atoms with van der Waals surface area (Å²) in [5.74, 6) is 1.24. The topological polar surface area (TPSA) is 60.7 Å². The molecule has 3 heteroatoms. The molecule has 0 saturated heterocycles. The molecule has 0 spiro atoms. The van der Waals surface area contributed by atoms with E-state index in [0.29, 0.717) is 17.2 Å². The normalized spacial score (nSPS) is 14.6. The lowest BCUT2D eigenvalue weighted by molar-refractivity contribution is 0.293. The summed E-state index contributed by atoms with van der Waals surface area (Å²) in [5.41, 5.74) is 5.98. The van der Waals surface area contributed by atoms with Crippen molar-refractivity contribution in [2.45, 2.75) is 78.1 Å². The highest BCUT2D eigenvalue weighted by Crippen LogP contribution is 2.46. The summed E-state index contributed by atoms with van der Waals surface area (Å²) in [4.78, 5) is 0. The SMILES string of the molecule is Cc1cc(C(C)CC(C)(CC(C)(C)c2ccc(O)c(C)c2)c2ccc(O)c(C)c2)ccc1O. The molecule has 0 bridgehead atoms. The van der Waals surface area contributed by atoms with Crippen LogP contribution in [-0.4, -0.2) is 15.3 Å². The first kappa shape index (κ1) is 24.7. The summed E-state index contributed by atoms with van der Waals surface area (Å²) in [6.07, 6.45) is 1.82. The van der Waals surface area contributed by atoms with Crippen molar-refractivity contribution in [3.8, 4) is 17.2 Å². The van der Waals surface area contributed by atoms with E-state index in [1.165, 1.54) is 16.7 Å². The molecule has 176 valence electrons. The Morgan fingerprint density at radius 1 is 0.667 bits per heavy atom. The first-order valence-corrected chi connectivity index (χ1v) is 11.7. The fraction of sp³-hybridized carbons (Fsp3) is 0.400. The fourth-order valence-corrected chi connectivity index (χ4v) is 5.26. The van der Waals surface area contributed by atoms with Crippen LogP contribution in [0.3, 0.4) is 0 Å². The molecule has 0 aliphatic rings. The highest BCUT2D eigenvalue weighted by atomic mass is 16.3. The third kappa shape index (κ3) is 5.35. The highest BCUT2D eigenvalue weighted by Gasteiger charge is 2.37. The van der Waals surface area contributed by atoms with E-state index in [2.05, 4.69) is 52.0 Å². The third-order valence-electron chi connectivity index (χ3n) is 7.25. The van der Waals surface area contributed by atoms with Crippen LogP contribution in [0.4, 0.5) is 0 Å². The number of phenols is 3. The summed E-state index contributed by atoms with van der Waals surface area (Å²) in [6.45, 7) is 14.9. The van der Waals surface area contributed by atoms with Crippen molar-refractivity contribution in [1.29, 1.82) is 0 Å². The van der Waals surface area contributed by atoms with Crippen LogP contribution in [0.2, 0.25) is 0 Å². The van der Waals surface area contributed by atoms with Gasteiger partial charge in [0.2, 0.25) is 0 Å². The van der Waals surface area contributed by atoms with Gasteiger partial charge in [-0.05, 0) is 102 Å². The molecule has 0 aliphatic carbocycles. The molecule has 33 heavy (non-hydrogen) atoms. The zero-order valence-corrected chi connectivity index (χ0v) is 21.0. The molecule has 0 amide bonds. The van der Waals surface area contributed by atoms with E-state index in [0.717, 1.165) is 29.5 Å². The van der Waals surface area contributed by atoms with E-state index in [4.69, 9.17) is 0 Å². The Hall–Kier alpha value is -2.94. The summed E-state index contributed by atoms with van der Waals surface area (Å²) in [5, 5.41) is 30.1. The van der Waals surface area contributed by atoms with Crippen molar-refractivity contribution >= 4 is 0 Å². The van der Waals surface area contributed by atoms with Gasteiger partial charge in [0.1, 0.15) is 17.2 Å². The standard InChI is InChI=1S/C30H38O3/c1-19-14-23(8-11-26(19)31)22(4)17-30(7,25-10-13-28(33)21(3)16-25)18-29(5,6)24-9-12-27(32)20(2)15-24/h8-16,22,31-33H,17-18H2,1-7H3. The lowest BCUT2D eigenvalue weighted by atomic mass is 9.64. The molecule has 0 heterocycles. The molecular formula is C30H38O3. The second kappa shape index (κ2) is 9.13. The number of phenolic OH excluding ortho intramolecular Hbond substituents is 3. The quantitative estimate of drug-likeness (QED) is 0.351. The minimum Gasteiger partial charge on any atom is -0.508 e. The molecular weight excluding hydrogens is 408 g/mol. The number of rotatable bonds is 7. The van der Waals surface area contributed by atoms with E-state index in [9.17, 15) is 15.3 Å². The monoisotopic (exact) mass is 446 g/mol. The third-order valence-corrected chi connectivity index (χ3v) is 7.25. The molecule has 2 atom stereocenters. The summed E-state index contributed by atoms with van der Waals surface area (Å²) in [7, 11) is 0. The average molecular weight is 447 g/mol. The molecule has 3 nitrogen and oxygen atoms in total. The van der Waals surface area contributed by atoms with Crippen LogP contribution in [-0.2, 0) is 10.8 Å². The largest absolute Gasteiger partial charge is 0.508 e. The molecule has 0 aromatic heterocycles. The van der Waals surface area contributed by atoms with Crippen LogP contribution < -0.4 is 0 Å². The zero-order valence-electron chi connectivity index (χ0n) is 21.0. The molecule has 3 N–H and O–H groups in total. The average Bonchev–Trinajstić information content (AvgIpc) is 2.73. The molecule has 3 aromatic carbocycles. The van der Waals surface area contributed by atoms with Gasteiger partial charge in [-0.2, -0.15) is 0 Å². The summed E-state index contributed by atoms with van der Waals surface area (Å²) in [6, 6.07) is 17.7. The van der Waals surface area contributed by atoms with Gasteiger partial charge in [0.15, 0.2) is 0 Å². The van der Waals surface area contributed by atoms with Crippen molar-refractivity contribution in [1.82, 2.24) is 0 Å². The Labute approximate surface area is 198 Å². The number of aryl methyl sites for hydroxylation is 3. The highest BCUT2D eigenvalue weighted by molar-refractivity contribution is 5.42. The van der Waals surface area contributed by atoms with Crippen LogP contribution in [0, 0.1) is 20.8 Å². The Morgan fingerprint density at radius 3 is 1.64 bits per heavy atom. The molecule has 3 aromatic rings. The van der Waals surface area contributed by atoms with Gasteiger partial charge in [0, 0.05) is 0 Å². The minimum absolute atomic E-state index is 0.135. The minimum atomic E-state index is -0.168. The van der Waals surface area contributed by atoms with E-state index >= 15 is 0 Å². The molecule has 0 fully saturated rings. The first-order valence-electron chi connectivity index (χ1n) is 11.7. The Bertz CT molecular complexity index is 1150. The summed E-state index contributed by atoms with van der Waals surface area (Å²) >= 11 is 0. The molecule has 3 rings (SSSR count). The predicted octanol–water partition coefficient (Wildman–Crippen LogP) is 7.55. The Balaban J connectivity index is 2.03. The lowest BCUT2D eigenvalue weighted by Gasteiger charge is -2.40. The van der Waals surface area contributed by atoms with Crippen LogP contribution >= 0.6 is 0 Å². The van der Waals surface area contributed by atoms with Gasteiger partial charge in [0.25, 0.3) is 0 Å². The smallest absolute Gasteiger partial charge is 0.118 e. The zero-order chi connectivity index (χ0) is 24.6. The number of aromatic hydroxyl groups is 3. The summed E-state index contributed by atoms with van der Waals surface area (Å²) < 4.78 is 0. The molecule has 2 unspecified atom stereocenters. The van der Waals surface area contributed by atoms with Crippen LogP contribution in [0.25, 0.3) is 0 Å². The van der Waals surface area contributed by atoms with Gasteiger partial charge in [-0.15, -0.1) is 0 Å². The first-order chi connectivity index (χ1) is 15.3. The maximum absolute atomic E-state index is 10.1. The van der Waals surface area contributed by atoms with Gasteiger partial charge in [-0.25, -0.2) is 0 Å². The van der Waals surface area contributed by atoms with Crippen molar-refractivity contribution in [2.75, 3.05) is 0 Å². The van der Waals surface area contributed by atoms with Crippen LogP contribution in [0.5, 0.6) is 17.2 Å². The van der Waals surface area contributed by atoms with Crippen molar-refractivity contribution in [3.05, 3.63) is 88.0 Å². The van der Waals surface area contributed by atoms with Crippen LogP contribution in [0.15, 0.2) is 54.6 Å². The van der Waals surface area contributed by atoms with Gasteiger partial charge < -0.3 is 15.3 Å². The number of hydrogen-bond acceptors (Lipinski definition) is 3. The number of benzene rings is 3. The maximum Gasteiger partial charge on any atom is 0.118 e. The van der Waals surface area contributed by atoms with Gasteiger partial charge >= 0.3 is 0 Å². The number of hydrogen-bond donors (Lipinski definition) is 3. The second-order valence-electron chi connectivity index (χ2n) is 10.8. The van der Waals surface area contributed by atoms with E-state index < -0.39 is 0 Å². The molecule has 0 aliphatic heterocycles. The predicted molar refractivity (Wildman–Crippen MR) is 137 cm³/mol. The molecule has 0 radical (unpaired) electrons. The van der Waals surface area contributed by atoms with Gasteiger partial charge in [0.05, 0.1) is 0 Å². The van der Waals surface area contributed by atoms with E-state index in [-0.39, 0.29) is 16.7 Å². The Kier molecular flexibility index (Phi) is 6.83. The van der Waals surface area contributed by atoms with E-state index in [1.807, 2.05) is 32.9 Å². The van der Waals surface area contributed by atoms with Gasteiger partial charge in [-0.3, -0.25) is 0 Å². The van der Waals surface area contributed by atoms with Gasteiger partial charge in [-0.1, -0.05) is 64.1 Å². The van der Waals surface area contributed by atoms with Crippen molar-refractivity contribution < 1.29 is 15.3 Å². The van der Waals surface area contributed by atoms with Crippen molar-refractivity contribution in [2.24, 2.45) is 0 Å². The molecule has 0 saturated carbocycles. The Morgan fingerprint density at radius 2 is 1.12 bits per heavy atom.